The van der Waals surface area contributed by atoms with E-state index in [0.29, 0.717) is 0 Å². The minimum atomic E-state index is 0.717. The van der Waals surface area contributed by atoms with E-state index in [0.717, 1.165) is 18.3 Å². The highest BCUT2D eigenvalue weighted by Crippen LogP contribution is 2.17. The average molecular weight is 207 g/mol. The number of rotatable bonds is 3. The summed E-state index contributed by atoms with van der Waals surface area (Å²) in [6.45, 7) is 0.922. The molecule has 1 N–H and O–H groups in total. The van der Waals surface area contributed by atoms with Crippen LogP contribution in [-0.2, 0) is 13.6 Å². The molecular formula is C12H21N3. The first-order valence-corrected chi connectivity index (χ1v) is 6.06. The molecule has 0 saturated heterocycles. The molecule has 1 saturated carbocycles. The van der Waals surface area contributed by atoms with Crippen LogP contribution in [0.2, 0.25) is 0 Å². The second kappa shape index (κ2) is 5.31. The van der Waals surface area contributed by atoms with E-state index in [1.54, 1.807) is 0 Å². The van der Waals surface area contributed by atoms with E-state index in [1.807, 2.05) is 17.9 Å². The van der Waals surface area contributed by atoms with E-state index in [4.69, 9.17) is 0 Å². The molecule has 1 fully saturated rings. The lowest BCUT2D eigenvalue weighted by Gasteiger charge is -2.14. The first kappa shape index (κ1) is 10.7. The van der Waals surface area contributed by atoms with Crippen LogP contribution >= 0.6 is 0 Å². The fraction of sp³-hybridized carbons (Fsp3) is 0.750. The Morgan fingerprint density at radius 2 is 2.07 bits per heavy atom. The van der Waals surface area contributed by atoms with Gasteiger partial charge in [0.15, 0.2) is 0 Å². The molecule has 0 aliphatic heterocycles. The first-order valence-electron chi connectivity index (χ1n) is 6.06. The monoisotopic (exact) mass is 207 g/mol. The molecule has 0 unspecified atom stereocenters. The van der Waals surface area contributed by atoms with Crippen molar-refractivity contribution < 1.29 is 0 Å². The maximum Gasteiger partial charge on any atom is 0.0762 e. The second-order valence-electron chi connectivity index (χ2n) is 4.55. The molecule has 15 heavy (non-hydrogen) atoms. The molecule has 2 rings (SSSR count). The summed E-state index contributed by atoms with van der Waals surface area (Å²) < 4.78 is 1.87. The second-order valence-corrected chi connectivity index (χ2v) is 4.55. The van der Waals surface area contributed by atoms with Gasteiger partial charge in [0.1, 0.15) is 0 Å². The van der Waals surface area contributed by atoms with Gasteiger partial charge in [0.25, 0.3) is 0 Å². The molecule has 0 aromatic carbocycles. The molecule has 84 valence electrons. The van der Waals surface area contributed by atoms with Gasteiger partial charge in [0.05, 0.1) is 5.69 Å². The summed E-state index contributed by atoms with van der Waals surface area (Å²) in [5.74, 6) is 0. The van der Waals surface area contributed by atoms with Crippen molar-refractivity contribution in [2.45, 2.75) is 51.1 Å². The van der Waals surface area contributed by atoms with Gasteiger partial charge in [-0.1, -0.05) is 25.7 Å². The smallest absolute Gasteiger partial charge is 0.0762 e. The lowest BCUT2D eigenvalue weighted by atomic mass is 10.1. The summed E-state index contributed by atoms with van der Waals surface area (Å²) in [7, 11) is 1.97. The normalized spacial score (nSPS) is 19.0. The van der Waals surface area contributed by atoms with Crippen molar-refractivity contribution in [2.24, 2.45) is 7.05 Å². The lowest BCUT2D eigenvalue weighted by molar-refractivity contribution is 0.454. The molecule has 1 aliphatic carbocycles. The molecule has 0 spiro atoms. The zero-order chi connectivity index (χ0) is 10.5. The Labute approximate surface area is 91.9 Å². The van der Waals surface area contributed by atoms with Crippen LogP contribution in [-0.4, -0.2) is 15.8 Å². The predicted molar refractivity (Wildman–Crippen MR) is 61.5 cm³/mol. The fourth-order valence-electron chi connectivity index (χ4n) is 2.29. The third-order valence-electron chi connectivity index (χ3n) is 3.20. The number of nitrogens with one attached hydrogen (secondary N) is 1. The quantitative estimate of drug-likeness (QED) is 0.770. The van der Waals surface area contributed by atoms with Crippen molar-refractivity contribution in [1.29, 1.82) is 0 Å². The predicted octanol–water partition coefficient (Wildman–Crippen LogP) is 2.23. The number of nitrogens with zero attached hydrogens (tertiary/aromatic N) is 2. The minimum absolute atomic E-state index is 0.717. The highest BCUT2D eigenvalue weighted by Gasteiger charge is 2.11. The molecule has 0 amide bonds. The van der Waals surface area contributed by atoms with Gasteiger partial charge in [-0.2, -0.15) is 5.10 Å². The average Bonchev–Trinajstić information content (AvgIpc) is 2.52. The Kier molecular flexibility index (Phi) is 3.78. The molecule has 3 nitrogen and oxygen atoms in total. The molecule has 0 radical (unpaired) electrons. The van der Waals surface area contributed by atoms with Crippen LogP contribution in [0.4, 0.5) is 0 Å². The third kappa shape index (κ3) is 3.34. The maximum absolute atomic E-state index is 4.37. The number of aryl methyl sites for hydroxylation is 1. The summed E-state index contributed by atoms with van der Waals surface area (Å²) in [6, 6.07) is 2.80. The fourth-order valence-corrected chi connectivity index (χ4v) is 2.29. The van der Waals surface area contributed by atoms with Gasteiger partial charge in [-0.25, -0.2) is 0 Å². The molecule has 1 aliphatic rings. The zero-order valence-corrected chi connectivity index (χ0v) is 9.58. The topological polar surface area (TPSA) is 29.9 Å². The number of aromatic nitrogens is 2. The number of hydrogen-bond acceptors (Lipinski definition) is 2. The van der Waals surface area contributed by atoms with Crippen molar-refractivity contribution in [3.63, 3.8) is 0 Å². The van der Waals surface area contributed by atoms with Crippen LogP contribution in [0.1, 0.15) is 44.2 Å². The van der Waals surface area contributed by atoms with E-state index in [1.165, 1.54) is 38.5 Å². The van der Waals surface area contributed by atoms with Crippen molar-refractivity contribution in [3.05, 3.63) is 18.0 Å². The summed E-state index contributed by atoms with van der Waals surface area (Å²) in [4.78, 5) is 0. The van der Waals surface area contributed by atoms with Gasteiger partial charge < -0.3 is 5.32 Å². The summed E-state index contributed by atoms with van der Waals surface area (Å²) in [5.41, 5.74) is 1.15. The minimum Gasteiger partial charge on any atom is -0.308 e. The third-order valence-corrected chi connectivity index (χ3v) is 3.20. The van der Waals surface area contributed by atoms with Gasteiger partial charge in [-0.15, -0.1) is 0 Å². The van der Waals surface area contributed by atoms with Gasteiger partial charge >= 0.3 is 0 Å². The maximum atomic E-state index is 4.37. The van der Waals surface area contributed by atoms with E-state index < -0.39 is 0 Å². The number of hydrogen-bond donors (Lipinski definition) is 1. The Bertz CT molecular complexity index is 285. The Morgan fingerprint density at radius 1 is 1.33 bits per heavy atom. The lowest BCUT2D eigenvalue weighted by Crippen LogP contribution is -2.28. The van der Waals surface area contributed by atoms with Gasteiger partial charge in [-0.3, -0.25) is 4.68 Å². The molecule has 0 bridgehead atoms. The molecule has 0 atom stereocenters. The zero-order valence-electron chi connectivity index (χ0n) is 9.58. The molecule has 1 aromatic rings. The van der Waals surface area contributed by atoms with Gasteiger partial charge in [-0.05, 0) is 18.9 Å². The highest BCUT2D eigenvalue weighted by atomic mass is 15.3. The first-order chi connectivity index (χ1) is 7.34. The largest absolute Gasteiger partial charge is 0.308 e. The Balaban J connectivity index is 1.76. The Hall–Kier alpha value is -0.830. The van der Waals surface area contributed by atoms with E-state index in [9.17, 15) is 0 Å². The summed E-state index contributed by atoms with van der Waals surface area (Å²) in [6.07, 6.45) is 10.3. The van der Waals surface area contributed by atoms with E-state index in [-0.39, 0.29) is 0 Å². The van der Waals surface area contributed by atoms with Crippen LogP contribution in [0.25, 0.3) is 0 Å². The van der Waals surface area contributed by atoms with E-state index in [2.05, 4.69) is 16.5 Å². The molecule has 3 heteroatoms. The van der Waals surface area contributed by atoms with Crippen LogP contribution in [0.5, 0.6) is 0 Å². The van der Waals surface area contributed by atoms with Gasteiger partial charge in [0.2, 0.25) is 0 Å². The van der Waals surface area contributed by atoms with E-state index >= 15 is 0 Å². The molecule has 1 heterocycles. The van der Waals surface area contributed by atoms with Crippen LogP contribution in [0.15, 0.2) is 12.3 Å². The van der Waals surface area contributed by atoms with Crippen LogP contribution < -0.4 is 5.32 Å². The summed E-state index contributed by atoms with van der Waals surface area (Å²) >= 11 is 0. The van der Waals surface area contributed by atoms with Gasteiger partial charge in [0, 0.05) is 25.8 Å². The van der Waals surface area contributed by atoms with Crippen molar-refractivity contribution in [2.75, 3.05) is 0 Å². The Morgan fingerprint density at radius 3 is 2.67 bits per heavy atom. The van der Waals surface area contributed by atoms with Crippen molar-refractivity contribution in [1.82, 2.24) is 15.1 Å². The highest BCUT2D eigenvalue weighted by molar-refractivity contribution is 4.98. The standard InChI is InChI=1S/C12H21N3/c1-15-9-8-12(14-15)10-13-11-6-4-2-3-5-7-11/h8-9,11,13H,2-7,10H2,1H3. The summed E-state index contributed by atoms with van der Waals surface area (Å²) in [5, 5.41) is 7.99. The van der Waals surface area contributed by atoms with Crippen LogP contribution in [0.3, 0.4) is 0 Å². The SMILES string of the molecule is Cn1ccc(CNC2CCCCCC2)n1. The van der Waals surface area contributed by atoms with Crippen molar-refractivity contribution in [3.8, 4) is 0 Å². The van der Waals surface area contributed by atoms with Crippen LogP contribution in [0, 0.1) is 0 Å². The van der Waals surface area contributed by atoms with Crippen molar-refractivity contribution >= 4 is 0 Å². The molecular weight excluding hydrogens is 186 g/mol. The molecule has 1 aromatic heterocycles.